The van der Waals surface area contributed by atoms with Crippen molar-refractivity contribution in [3.05, 3.63) is 59.7 Å². The zero-order valence-corrected chi connectivity index (χ0v) is 15.7. The lowest BCUT2D eigenvalue weighted by Gasteiger charge is -2.38. The minimum absolute atomic E-state index is 0.0541. The van der Waals surface area contributed by atoms with E-state index >= 15 is 0 Å². The summed E-state index contributed by atoms with van der Waals surface area (Å²) >= 11 is 0. The van der Waals surface area contributed by atoms with Gasteiger partial charge in [-0.2, -0.15) is 4.98 Å². The summed E-state index contributed by atoms with van der Waals surface area (Å²) in [6.07, 6.45) is 0. The van der Waals surface area contributed by atoms with Crippen molar-refractivity contribution >= 4 is 23.0 Å². The molecule has 1 amide bonds. The van der Waals surface area contributed by atoms with Crippen LogP contribution in [0.25, 0.3) is 11.1 Å². The molecule has 6 nitrogen and oxygen atoms in total. The Bertz CT molecular complexity index is 957. The maximum absolute atomic E-state index is 13.0. The number of carbonyl (C=O) groups is 1. The Morgan fingerprint density at radius 3 is 2.52 bits per heavy atom. The normalized spacial score (nSPS) is 17.1. The number of nitrogens with two attached hydrogens (primary N) is 1. The van der Waals surface area contributed by atoms with E-state index in [2.05, 4.69) is 9.88 Å². The molecule has 2 N–H and O–H groups in total. The number of rotatable bonds is 3. The highest BCUT2D eigenvalue weighted by molar-refractivity contribution is 5.87. The molecule has 0 spiro atoms. The highest BCUT2D eigenvalue weighted by Crippen LogP contribution is 2.25. The van der Waals surface area contributed by atoms with E-state index < -0.39 is 5.54 Å². The Hall–Kier alpha value is -2.86. The predicted octanol–water partition coefficient (Wildman–Crippen LogP) is 2.66. The second-order valence-corrected chi connectivity index (χ2v) is 7.32. The minimum atomic E-state index is -1.03. The average Bonchev–Trinajstić information content (AvgIpc) is 3.11. The van der Waals surface area contributed by atoms with Gasteiger partial charge in [-0.25, -0.2) is 0 Å². The minimum Gasteiger partial charge on any atom is -0.423 e. The van der Waals surface area contributed by atoms with Gasteiger partial charge in [0.25, 0.3) is 6.01 Å². The van der Waals surface area contributed by atoms with Crippen molar-refractivity contribution in [2.24, 2.45) is 5.73 Å². The lowest BCUT2D eigenvalue weighted by atomic mass is 9.91. The number of piperazine rings is 1. The molecule has 4 rings (SSSR count). The lowest BCUT2D eigenvalue weighted by molar-refractivity contribution is -0.137. The standard InChI is InChI=1S/C21H24N4O2/c1-15-8-9-18-17(14-15)23-20(27-18)25-12-10-24(11-13-25)19(26)21(2,22)16-6-4-3-5-7-16/h3-9,14H,10-13,22H2,1-2H3. The molecule has 27 heavy (non-hydrogen) atoms. The lowest BCUT2D eigenvalue weighted by Crippen LogP contribution is -2.56. The van der Waals surface area contributed by atoms with Gasteiger partial charge >= 0.3 is 0 Å². The second-order valence-electron chi connectivity index (χ2n) is 7.32. The third-order valence-corrected chi connectivity index (χ3v) is 5.19. The second kappa shape index (κ2) is 6.70. The van der Waals surface area contributed by atoms with Crippen LogP contribution in [-0.2, 0) is 10.3 Å². The molecule has 1 fully saturated rings. The van der Waals surface area contributed by atoms with Crippen LogP contribution in [-0.4, -0.2) is 42.0 Å². The first-order chi connectivity index (χ1) is 12.9. The van der Waals surface area contributed by atoms with Crippen molar-refractivity contribution in [1.29, 1.82) is 0 Å². The summed E-state index contributed by atoms with van der Waals surface area (Å²) in [5.74, 6) is -0.0541. The van der Waals surface area contributed by atoms with E-state index in [1.165, 1.54) is 0 Å². The zero-order valence-electron chi connectivity index (χ0n) is 15.7. The third kappa shape index (κ3) is 3.28. The monoisotopic (exact) mass is 364 g/mol. The molecule has 0 saturated carbocycles. The number of oxazole rings is 1. The molecule has 2 aromatic carbocycles. The van der Waals surface area contributed by atoms with E-state index in [-0.39, 0.29) is 5.91 Å². The maximum atomic E-state index is 13.0. The number of aromatic nitrogens is 1. The van der Waals surface area contributed by atoms with Gasteiger partial charge in [0.1, 0.15) is 11.1 Å². The van der Waals surface area contributed by atoms with Crippen molar-refractivity contribution in [3.63, 3.8) is 0 Å². The van der Waals surface area contributed by atoms with Gasteiger partial charge in [-0.1, -0.05) is 36.4 Å². The summed E-state index contributed by atoms with van der Waals surface area (Å²) in [6, 6.07) is 16.1. The fraction of sp³-hybridized carbons (Fsp3) is 0.333. The van der Waals surface area contributed by atoms with Crippen molar-refractivity contribution in [3.8, 4) is 0 Å². The molecule has 6 heteroatoms. The number of nitrogens with zero attached hydrogens (tertiary/aromatic N) is 3. The topological polar surface area (TPSA) is 75.6 Å². The summed E-state index contributed by atoms with van der Waals surface area (Å²) in [7, 11) is 0. The van der Waals surface area contributed by atoms with Gasteiger partial charge in [-0.05, 0) is 37.1 Å². The first-order valence-electron chi connectivity index (χ1n) is 9.21. The summed E-state index contributed by atoms with van der Waals surface area (Å²) in [4.78, 5) is 21.5. The molecule has 1 saturated heterocycles. The van der Waals surface area contributed by atoms with Crippen molar-refractivity contribution < 1.29 is 9.21 Å². The number of benzene rings is 2. The fourth-order valence-corrected chi connectivity index (χ4v) is 3.50. The van der Waals surface area contributed by atoms with E-state index in [1.807, 2.05) is 60.4 Å². The van der Waals surface area contributed by atoms with Crippen molar-refractivity contribution in [1.82, 2.24) is 9.88 Å². The van der Waals surface area contributed by atoms with Crippen molar-refractivity contribution in [2.75, 3.05) is 31.1 Å². The number of carbonyl (C=O) groups excluding carboxylic acids is 1. The molecular weight excluding hydrogens is 340 g/mol. The quantitative estimate of drug-likeness (QED) is 0.773. The van der Waals surface area contributed by atoms with Crippen LogP contribution in [0.5, 0.6) is 0 Å². The first kappa shape index (κ1) is 17.5. The molecule has 0 aliphatic carbocycles. The predicted molar refractivity (Wildman–Crippen MR) is 106 cm³/mol. The zero-order chi connectivity index (χ0) is 19.0. The molecule has 3 aromatic rings. The van der Waals surface area contributed by atoms with Crippen molar-refractivity contribution in [2.45, 2.75) is 19.4 Å². The average molecular weight is 364 g/mol. The third-order valence-electron chi connectivity index (χ3n) is 5.19. The van der Waals surface area contributed by atoms with E-state index in [0.717, 1.165) is 22.2 Å². The smallest absolute Gasteiger partial charge is 0.298 e. The van der Waals surface area contributed by atoms with Gasteiger partial charge < -0.3 is 20.0 Å². The maximum Gasteiger partial charge on any atom is 0.298 e. The molecule has 0 bridgehead atoms. The van der Waals surface area contributed by atoms with Crippen LogP contribution < -0.4 is 10.6 Å². The van der Waals surface area contributed by atoms with Crippen LogP contribution in [0, 0.1) is 6.92 Å². The Labute approximate surface area is 158 Å². The Kier molecular flexibility index (Phi) is 4.36. The number of anilines is 1. The Morgan fingerprint density at radius 2 is 1.81 bits per heavy atom. The van der Waals surface area contributed by atoms with Gasteiger partial charge in [0.15, 0.2) is 5.58 Å². The van der Waals surface area contributed by atoms with Crippen LogP contribution in [0.1, 0.15) is 18.1 Å². The molecule has 140 valence electrons. The first-order valence-corrected chi connectivity index (χ1v) is 9.21. The number of amides is 1. The SMILES string of the molecule is Cc1ccc2oc(N3CCN(C(=O)C(C)(N)c4ccccc4)CC3)nc2c1. The number of hydrogen-bond donors (Lipinski definition) is 1. The van der Waals surface area contributed by atoms with E-state index in [9.17, 15) is 4.79 Å². The molecular formula is C21H24N4O2. The fourth-order valence-electron chi connectivity index (χ4n) is 3.50. The molecule has 0 radical (unpaired) electrons. The number of aryl methyl sites for hydroxylation is 1. The van der Waals surface area contributed by atoms with E-state index in [0.29, 0.717) is 32.2 Å². The number of fused-ring (bicyclic) bond motifs is 1. The molecule has 1 aliphatic heterocycles. The van der Waals surface area contributed by atoms with Gasteiger partial charge in [-0.3, -0.25) is 4.79 Å². The molecule has 1 atom stereocenters. The molecule has 1 aromatic heterocycles. The summed E-state index contributed by atoms with van der Waals surface area (Å²) in [5, 5.41) is 0. The van der Waals surface area contributed by atoms with Crippen LogP contribution in [0.4, 0.5) is 6.01 Å². The van der Waals surface area contributed by atoms with Crippen LogP contribution in [0.3, 0.4) is 0 Å². The molecule has 1 unspecified atom stereocenters. The summed E-state index contributed by atoms with van der Waals surface area (Å²) < 4.78 is 5.88. The Morgan fingerprint density at radius 1 is 1.11 bits per heavy atom. The summed E-state index contributed by atoms with van der Waals surface area (Å²) in [5.41, 5.74) is 8.99. The Balaban J connectivity index is 1.45. The number of hydrogen-bond acceptors (Lipinski definition) is 5. The van der Waals surface area contributed by atoms with Gasteiger partial charge in [-0.15, -0.1) is 0 Å². The van der Waals surface area contributed by atoms with Crippen LogP contribution >= 0.6 is 0 Å². The van der Waals surface area contributed by atoms with Crippen LogP contribution in [0.2, 0.25) is 0 Å². The molecule has 2 heterocycles. The van der Waals surface area contributed by atoms with Gasteiger partial charge in [0, 0.05) is 26.2 Å². The largest absolute Gasteiger partial charge is 0.423 e. The highest BCUT2D eigenvalue weighted by Gasteiger charge is 2.36. The summed E-state index contributed by atoms with van der Waals surface area (Å²) in [6.45, 7) is 6.34. The molecule has 1 aliphatic rings. The van der Waals surface area contributed by atoms with Gasteiger partial charge in [0.2, 0.25) is 5.91 Å². The highest BCUT2D eigenvalue weighted by atomic mass is 16.4. The van der Waals surface area contributed by atoms with Crippen LogP contribution in [0.15, 0.2) is 52.9 Å². The van der Waals surface area contributed by atoms with E-state index in [1.54, 1.807) is 6.92 Å². The van der Waals surface area contributed by atoms with Gasteiger partial charge in [0.05, 0.1) is 0 Å². The van der Waals surface area contributed by atoms with E-state index in [4.69, 9.17) is 10.2 Å².